The van der Waals surface area contributed by atoms with Crippen molar-refractivity contribution in [2.45, 2.75) is 23.4 Å². The Labute approximate surface area is 133 Å². The Bertz CT molecular complexity index is 739. The summed E-state index contributed by atoms with van der Waals surface area (Å²) in [5.74, 6) is 0. The zero-order valence-electron chi connectivity index (χ0n) is 11.5. The van der Waals surface area contributed by atoms with Crippen molar-refractivity contribution in [1.82, 2.24) is 14.8 Å². The van der Waals surface area contributed by atoms with Crippen molar-refractivity contribution < 1.29 is 0 Å². The van der Waals surface area contributed by atoms with Gasteiger partial charge in [0.15, 0.2) is 5.16 Å². The number of nitrogens with two attached hydrogens (primary N) is 1. The number of H-pyrrole nitrogens is 1. The Morgan fingerprint density at radius 3 is 2.52 bits per heavy atom. The number of aromatic nitrogens is 3. The first-order valence-electron chi connectivity index (χ1n) is 6.23. The van der Waals surface area contributed by atoms with Crippen LogP contribution in [0.15, 0.2) is 43.5 Å². The van der Waals surface area contributed by atoms with E-state index < -0.39 is 11.1 Å². The van der Waals surface area contributed by atoms with E-state index >= 15 is 0 Å². The molecule has 0 fully saturated rings. The Morgan fingerprint density at radius 1 is 1.33 bits per heavy atom. The number of nitrogens with one attached hydrogen (secondary N) is 1. The van der Waals surface area contributed by atoms with Gasteiger partial charge in [-0.3, -0.25) is 19.4 Å². The minimum atomic E-state index is -0.796. The van der Waals surface area contributed by atoms with E-state index in [1.54, 1.807) is 7.05 Å². The molecule has 0 aliphatic carbocycles. The number of halogens is 1. The third kappa shape index (κ3) is 3.84. The van der Waals surface area contributed by atoms with Crippen LogP contribution in [-0.4, -0.2) is 20.8 Å². The highest BCUT2D eigenvalue weighted by atomic mass is 79.9. The summed E-state index contributed by atoms with van der Waals surface area (Å²) in [7, 11) is 1.63. The Morgan fingerprint density at radius 2 is 1.95 bits per heavy atom. The van der Waals surface area contributed by atoms with Gasteiger partial charge in [-0.1, -0.05) is 39.8 Å². The smallest absolute Gasteiger partial charge is 0.327 e. The molecule has 0 aliphatic heterocycles. The molecule has 0 amide bonds. The van der Waals surface area contributed by atoms with Crippen molar-refractivity contribution in [3.63, 3.8) is 0 Å². The van der Waals surface area contributed by atoms with Gasteiger partial charge in [0, 0.05) is 17.6 Å². The Hall–Kier alpha value is -1.38. The molecule has 2 unspecified atom stereocenters. The van der Waals surface area contributed by atoms with Crippen molar-refractivity contribution >= 4 is 27.7 Å². The van der Waals surface area contributed by atoms with Crippen LogP contribution < -0.4 is 16.9 Å². The van der Waals surface area contributed by atoms with Crippen LogP contribution in [0.5, 0.6) is 0 Å². The number of aromatic amines is 1. The third-order valence-electron chi connectivity index (χ3n) is 2.86. The van der Waals surface area contributed by atoms with Gasteiger partial charge in [-0.15, -0.1) is 0 Å². The Balaban J connectivity index is 2.37. The number of hydrogen-bond acceptors (Lipinski definition) is 5. The van der Waals surface area contributed by atoms with Gasteiger partial charge in [-0.05, 0) is 24.6 Å². The third-order valence-corrected chi connectivity index (χ3v) is 4.92. The van der Waals surface area contributed by atoms with Crippen molar-refractivity contribution in [2.75, 3.05) is 0 Å². The molecule has 0 saturated heterocycles. The zero-order valence-corrected chi connectivity index (χ0v) is 13.9. The molecule has 0 aliphatic rings. The second-order valence-corrected chi connectivity index (χ2v) is 6.67. The molecule has 8 heteroatoms. The molecule has 1 aromatic carbocycles. The lowest BCUT2D eigenvalue weighted by molar-refractivity contribution is 0.592. The number of benzene rings is 1. The summed E-state index contributed by atoms with van der Waals surface area (Å²) in [6, 6.07) is 7.65. The lowest BCUT2D eigenvalue weighted by Crippen LogP contribution is -2.34. The maximum atomic E-state index is 11.4. The van der Waals surface area contributed by atoms with E-state index in [9.17, 15) is 9.59 Å². The second-order valence-electron chi connectivity index (χ2n) is 4.65. The molecule has 2 rings (SSSR count). The highest BCUT2D eigenvalue weighted by Gasteiger charge is 2.20. The second kappa shape index (κ2) is 6.59. The lowest BCUT2D eigenvalue weighted by atomic mass is 10.1. The largest absolute Gasteiger partial charge is 0.339 e. The molecule has 3 N–H and O–H groups in total. The fraction of sp³-hybridized carbons (Fsp3) is 0.308. The van der Waals surface area contributed by atoms with Crippen LogP contribution in [0.25, 0.3) is 0 Å². The summed E-state index contributed by atoms with van der Waals surface area (Å²) < 4.78 is 2.41. The van der Waals surface area contributed by atoms with E-state index in [1.807, 2.05) is 31.2 Å². The maximum Gasteiger partial charge on any atom is 0.339 e. The zero-order chi connectivity index (χ0) is 15.6. The highest BCUT2D eigenvalue weighted by molar-refractivity contribution is 9.10. The standard InChI is InChI=1S/C13H15BrN4O2S/c1-7(15)10(8-3-5-9(14)6-4-8)21-13-16-11(19)12(20)17-18(13)2/h3-7,10H,15H2,1-2H3,(H,17,20). The van der Waals surface area contributed by atoms with E-state index in [4.69, 9.17) is 5.73 Å². The predicted octanol–water partition coefficient (Wildman–Crippen LogP) is 1.41. The molecular weight excluding hydrogens is 356 g/mol. The molecule has 0 bridgehead atoms. The van der Waals surface area contributed by atoms with Crippen LogP contribution in [0, 0.1) is 0 Å². The SMILES string of the molecule is CC(N)C(Sc1nc(=O)c(=O)[nH]n1C)c1ccc(Br)cc1. The minimum Gasteiger partial charge on any atom is -0.327 e. The van der Waals surface area contributed by atoms with E-state index in [2.05, 4.69) is 26.0 Å². The maximum absolute atomic E-state index is 11.4. The van der Waals surface area contributed by atoms with E-state index in [0.29, 0.717) is 5.16 Å². The molecule has 0 radical (unpaired) electrons. The highest BCUT2D eigenvalue weighted by Crippen LogP contribution is 2.35. The van der Waals surface area contributed by atoms with Gasteiger partial charge in [0.2, 0.25) is 0 Å². The van der Waals surface area contributed by atoms with Gasteiger partial charge in [-0.25, -0.2) is 0 Å². The molecule has 21 heavy (non-hydrogen) atoms. The molecule has 0 saturated carbocycles. The number of rotatable bonds is 4. The number of hydrogen-bond donors (Lipinski definition) is 2. The minimum absolute atomic E-state index is 0.0814. The number of thioether (sulfide) groups is 1. The first-order chi connectivity index (χ1) is 9.88. The first kappa shape index (κ1) is 16.0. The van der Waals surface area contributed by atoms with Crippen LogP contribution >= 0.6 is 27.7 Å². The van der Waals surface area contributed by atoms with Crippen LogP contribution in [0.2, 0.25) is 0 Å². The van der Waals surface area contributed by atoms with Crippen LogP contribution in [-0.2, 0) is 7.05 Å². The van der Waals surface area contributed by atoms with Gasteiger partial charge in [-0.2, -0.15) is 4.98 Å². The van der Waals surface area contributed by atoms with Gasteiger partial charge in [0.1, 0.15) is 0 Å². The van der Waals surface area contributed by atoms with Crippen molar-refractivity contribution in [3.05, 3.63) is 55.0 Å². The van der Waals surface area contributed by atoms with Crippen LogP contribution in [0.3, 0.4) is 0 Å². The van der Waals surface area contributed by atoms with Gasteiger partial charge < -0.3 is 5.73 Å². The lowest BCUT2D eigenvalue weighted by Gasteiger charge is -2.21. The van der Waals surface area contributed by atoms with Crippen LogP contribution in [0.4, 0.5) is 0 Å². The van der Waals surface area contributed by atoms with E-state index in [1.165, 1.54) is 16.4 Å². The van der Waals surface area contributed by atoms with Gasteiger partial charge in [0.25, 0.3) is 0 Å². The number of nitrogens with zero attached hydrogens (tertiary/aromatic N) is 2. The monoisotopic (exact) mass is 370 g/mol. The van der Waals surface area contributed by atoms with Gasteiger partial charge >= 0.3 is 11.1 Å². The summed E-state index contributed by atoms with van der Waals surface area (Å²) in [4.78, 5) is 26.4. The molecule has 1 aromatic heterocycles. The predicted molar refractivity (Wildman–Crippen MR) is 86.5 cm³/mol. The molecule has 112 valence electrons. The number of aryl methyl sites for hydroxylation is 1. The molecular formula is C13H15BrN4O2S. The summed E-state index contributed by atoms with van der Waals surface area (Å²) >= 11 is 4.74. The fourth-order valence-corrected chi connectivity index (χ4v) is 3.15. The van der Waals surface area contributed by atoms with Crippen molar-refractivity contribution in [2.24, 2.45) is 12.8 Å². The van der Waals surface area contributed by atoms with Crippen molar-refractivity contribution in [3.8, 4) is 0 Å². The van der Waals surface area contributed by atoms with Crippen LogP contribution in [0.1, 0.15) is 17.7 Å². The fourth-order valence-electron chi connectivity index (χ4n) is 1.81. The Kier molecular flexibility index (Phi) is 5.02. The summed E-state index contributed by atoms with van der Waals surface area (Å²) in [6.45, 7) is 1.89. The summed E-state index contributed by atoms with van der Waals surface area (Å²) in [5, 5.41) is 2.77. The average Bonchev–Trinajstić information content (AvgIpc) is 2.42. The van der Waals surface area contributed by atoms with E-state index in [-0.39, 0.29) is 11.3 Å². The van der Waals surface area contributed by atoms with Crippen molar-refractivity contribution in [1.29, 1.82) is 0 Å². The normalized spacial score (nSPS) is 13.9. The summed E-state index contributed by atoms with van der Waals surface area (Å²) in [5.41, 5.74) is 5.55. The van der Waals surface area contributed by atoms with E-state index in [0.717, 1.165) is 10.0 Å². The molecule has 1 heterocycles. The quantitative estimate of drug-likeness (QED) is 0.626. The first-order valence-corrected chi connectivity index (χ1v) is 7.91. The summed E-state index contributed by atoms with van der Waals surface area (Å²) in [6.07, 6.45) is 0. The topological polar surface area (TPSA) is 93.8 Å². The molecule has 6 nitrogen and oxygen atoms in total. The molecule has 2 aromatic rings. The average molecular weight is 371 g/mol. The molecule has 0 spiro atoms. The van der Waals surface area contributed by atoms with Gasteiger partial charge in [0.05, 0.1) is 5.25 Å². The molecule has 2 atom stereocenters.